The third-order valence-electron chi connectivity index (χ3n) is 6.02. The molecule has 0 saturated carbocycles. The molecule has 0 aromatic heterocycles. The summed E-state index contributed by atoms with van der Waals surface area (Å²) in [5.74, 6) is -14.9. The molecule has 186 valence electrons. The van der Waals surface area contributed by atoms with Gasteiger partial charge >= 0.3 is 35.8 Å². The Balaban J connectivity index is 2.48. The molecule has 0 radical (unpaired) electrons. The Morgan fingerprint density at radius 1 is 0.639 bits per heavy atom. The number of rotatable bonds is 8. The van der Waals surface area contributed by atoms with E-state index in [-0.39, 0.29) is 16.7 Å². The van der Waals surface area contributed by atoms with Crippen LogP contribution in [0.25, 0.3) is 5.57 Å². The lowest BCUT2D eigenvalue weighted by Gasteiger charge is -2.36. The van der Waals surface area contributed by atoms with Gasteiger partial charge in [-0.15, -0.1) is 0 Å². The van der Waals surface area contributed by atoms with Crippen molar-refractivity contribution in [3.8, 4) is 0 Å². The average Bonchev–Trinajstić information content (AvgIpc) is 2.81. The number of carboxylic acid groups (broad SMARTS) is 6. The van der Waals surface area contributed by atoms with Gasteiger partial charge in [0.05, 0.1) is 34.1 Å². The zero-order valence-electron chi connectivity index (χ0n) is 18.1. The fraction of sp³-hybridized carbons (Fsp3) is 0.167. The molecule has 0 amide bonds. The van der Waals surface area contributed by atoms with Crippen LogP contribution in [0.5, 0.6) is 0 Å². The van der Waals surface area contributed by atoms with Crippen LogP contribution in [0.1, 0.15) is 64.9 Å². The van der Waals surface area contributed by atoms with Crippen molar-refractivity contribution in [3.63, 3.8) is 0 Å². The Bertz CT molecular complexity index is 1350. The van der Waals surface area contributed by atoms with E-state index in [4.69, 9.17) is 0 Å². The summed E-state index contributed by atoms with van der Waals surface area (Å²) in [6, 6.07) is 6.65. The van der Waals surface area contributed by atoms with E-state index in [1.807, 2.05) is 0 Å². The van der Waals surface area contributed by atoms with E-state index >= 15 is 0 Å². The summed E-state index contributed by atoms with van der Waals surface area (Å²) in [6.07, 6.45) is 0.824. The molecule has 36 heavy (non-hydrogen) atoms. The van der Waals surface area contributed by atoms with E-state index in [1.54, 1.807) is 0 Å². The van der Waals surface area contributed by atoms with Gasteiger partial charge in [-0.1, -0.05) is 30.3 Å². The Hall–Kier alpha value is -5.00. The van der Waals surface area contributed by atoms with Gasteiger partial charge in [0, 0.05) is 5.92 Å². The predicted octanol–water partition coefficient (Wildman–Crippen LogP) is 2.45. The molecule has 0 saturated heterocycles. The van der Waals surface area contributed by atoms with Crippen LogP contribution in [0.3, 0.4) is 0 Å². The number of aliphatic carboxylic acids is 2. The molecule has 1 aliphatic carbocycles. The van der Waals surface area contributed by atoms with E-state index < -0.39 is 82.2 Å². The molecule has 6 N–H and O–H groups in total. The zero-order chi connectivity index (χ0) is 26.9. The Labute approximate surface area is 201 Å². The monoisotopic (exact) mass is 498 g/mol. The van der Waals surface area contributed by atoms with Crippen LogP contribution in [0.15, 0.2) is 42.5 Å². The highest BCUT2D eigenvalue weighted by molar-refractivity contribution is 6.07. The number of hydrogen-bond donors (Lipinski definition) is 6. The number of benzene rings is 2. The van der Waals surface area contributed by atoms with Crippen LogP contribution < -0.4 is 0 Å². The fourth-order valence-corrected chi connectivity index (χ4v) is 4.61. The second-order valence-corrected chi connectivity index (χ2v) is 7.90. The van der Waals surface area contributed by atoms with Crippen molar-refractivity contribution in [2.75, 3.05) is 0 Å². The molecular formula is C24H18O12. The topological polar surface area (TPSA) is 224 Å². The molecule has 3 unspecified atom stereocenters. The van der Waals surface area contributed by atoms with Gasteiger partial charge in [-0.2, -0.15) is 0 Å². The van der Waals surface area contributed by atoms with Crippen LogP contribution >= 0.6 is 0 Å². The molecule has 0 bridgehead atoms. The molecule has 2 aromatic carbocycles. The summed E-state index contributed by atoms with van der Waals surface area (Å²) in [4.78, 5) is 71.9. The quantitative estimate of drug-likeness (QED) is 0.309. The third-order valence-corrected chi connectivity index (χ3v) is 6.02. The molecule has 3 rings (SSSR count). The lowest BCUT2D eigenvalue weighted by molar-refractivity contribution is -0.154. The van der Waals surface area contributed by atoms with E-state index in [9.17, 15) is 59.4 Å². The van der Waals surface area contributed by atoms with Crippen molar-refractivity contribution in [2.24, 2.45) is 11.8 Å². The highest BCUT2D eigenvalue weighted by atomic mass is 16.4. The van der Waals surface area contributed by atoms with Gasteiger partial charge in [0.2, 0.25) is 0 Å². The largest absolute Gasteiger partial charge is 0.481 e. The number of allylic oxidation sites excluding steroid dienone is 2. The Kier molecular flexibility index (Phi) is 6.90. The minimum atomic E-state index is -1.85. The van der Waals surface area contributed by atoms with Gasteiger partial charge in [0.15, 0.2) is 0 Å². The first-order valence-electron chi connectivity index (χ1n) is 10.2. The number of carboxylic acids is 6. The molecular weight excluding hydrogens is 480 g/mol. The molecule has 2 aromatic rings. The SMILES string of the molecule is O=C(O)c1cccc(C2=CCC(C(=O)O)C(C(=O)O)C2c2cccc(C(=O)O)c2C(=O)O)c1C(=O)O. The molecule has 12 heteroatoms. The van der Waals surface area contributed by atoms with Gasteiger partial charge < -0.3 is 30.6 Å². The summed E-state index contributed by atoms with van der Waals surface area (Å²) in [5, 5.41) is 58.3. The zero-order valence-corrected chi connectivity index (χ0v) is 18.1. The first-order chi connectivity index (χ1) is 16.9. The van der Waals surface area contributed by atoms with Gasteiger partial charge in [0.1, 0.15) is 0 Å². The summed E-state index contributed by atoms with van der Waals surface area (Å²) in [5.41, 5.74) is -3.63. The van der Waals surface area contributed by atoms with E-state index in [2.05, 4.69) is 0 Å². The van der Waals surface area contributed by atoms with E-state index in [1.165, 1.54) is 18.2 Å². The van der Waals surface area contributed by atoms with Crippen molar-refractivity contribution < 1.29 is 59.4 Å². The maximum Gasteiger partial charge on any atom is 0.337 e. The van der Waals surface area contributed by atoms with Gasteiger partial charge in [-0.25, -0.2) is 19.2 Å². The number of carbonyl (C=O) groups is 6. The summed E-state index contributed by atoms with van der Waals surface area (Å²) >= 11 is 0. The maximum absolute atomic E-state index is 12.4. The first-order valence-corrected chi connectivity index (χ1v) is 10.2. The molecule has 0 aliphatic heterocycles. The van der Waals surface area contributed by atoms with Crippen molar-refractivity contribution in [3.05, 3.63) is 75.9 Å². The van der Waals surface area contributed by atoms with Gasteiger partial charge in [-0.3, -0.25) is 9.59 Å². The summed E-state index contributed by atoms with van der Waals surface area (Å²) in [6.45, 7) is 0. The molecule has 0 spiro atoms. The van der Waals surface area contributed by atoms with Crippen LogP contribution in [0, 0.1) is 11.8 Å². The van der Waals surface area contributed by atoms with Gasteiger partial charge in [-0.05, 0) is 35.3 Å². The van der Waals surface area contributed by atoms with Crippen molar-refractivity contribution in [1.82, 2.24) is 0 Å². The van der Waals surface area contributed by atoms with Crippen LogP contribution in [-0.4, -0.2) is 66.5 Å². The lowest BCUT2D eigenvalue weighted by atomic mass is 9.65. The predicted molar refractivity (Wildman–Crippen MR) is 118 cm³/mol. The standard InChI is InChI=1S/C24H18O12/c25-19(26)12-5-1-3-9(16(12)22(31)32)10-7-8-14(21(29)30)18(24(35)36)15(10)11-4-2-6-13(20(27)28)17(11)23(33)34/h1-7,14-15,18H,8H2,(H,25,26)(H,27,28)(H,29,30)(H,31,32)(H,33,34)(H,35,36). The van der Waals surface area contributed by atoms with Crippen LogP contribution in [-0.2, 0) is 9.59 Å². The third kappa shape index (κ3) is 4.39. The molecule has 12 nitrogen and oxygen atoms in total. The summed E-state index contributed by atoms with van der Waals surface area (Å²) < 4.78 is 0. The van der Waals surface area contributed by atoms with E-state index in [0.29, 0.717) is 0 Å². The molecule has 1 aliphatic rings. The molecule has 3 atom stereocenters. The Morgan fingerprint density at radius 3 is 1.64 bits per heavy atom. The highest BCUT2D eigenvalue weighted by Gasteiger charge is 2.46. The normalized spacial score (nSPS) is 19.1. The fourth-order valence-electron chi connectivity index (χ4n) is 4.61. The summed E-state index contributed by atoms with van der Waals surface area (Å²) in [7, 11) is 0. The molecule has 0 fully saturated rings. The lowest BCUT2D eigenvalue weighted by Crippen LogP contribution is -2.38. The van der Waals surface area contributed by atoms with Crippen molar-refractivity contribution in [1.29, 1.82) is 0 Å². The van der Waals surface area contributed by atoms with Crippen molar-refractivity contribution >= 4 is 41.4 Å². The number of hydrogen-bond acceptors (Lipinski definition) is 6. The van der Waals surface area contributed by atoms with E-state index in [0.717, 1.165) is 24.3 Å². The average molecular weight is 498 g/mol. The smallest absolute Gasteiger partial charge is 0.337 e. The van der Waals surface area contributed by atoms with Crippen molar-refractivity contribution in [2.45, 2.75) is 12.3 Å². The Morgan fingerprint density at radius 2 is 1.17 bits per heavy atom. The van der Waals surface area contributed by atoms with Gasteiger partial charge in [0.25, 0.3) is 0 Å². The second-order valence-electron chi connectivity index (χ2n) is 7.90. The van der Waals surface area contributed by atoms with Crippen LogP contribution in [0.4, 0.5) is 0 Å². The minimum Gasteiger partial charge on any atom is -0.481 e. The minimum absolute atomic E-state index is 0.148. The molecule has 0 heterocycles. The first kappa shape index (κ1) is 25.6. The maximum atomic E-state index is 12.4. The number of aromatic carboxylic acids is 4. The second kappa shape index (κ2) is 9.70. The highest BCUT2D eigenvalue weighted by Crippen LogP contribution is 2.48. The van der Waals surface area contributed by atoms with Crippen LogP contribution in [0.2, 0.25) is 0 Å².